The van der Waals surface area contributed by atoms with E-state index in [0.717, 1.165) is 22.3 Å². The van der Waals surface area contributed by atoms with Gasteiger partial charge in [0, 0.05) is 30.9 Å². The highest BCUT2D eigenvalue weighted by molar-refractivity contribution is 6.05. The van der Waals surface area contributed by atoms with E-state index in [4.69, 9.17) is 9.15 Å². The van der Waals surface area contributed by atoms with E-state index in [1.807, 2.05) is 56.3 Å². The van der Waals surface area contributed by atoms with Crippen LogP contribution in [0.15, 0.2) is 46.9 Å². The van der Waals surface area contributed by atoms with Crippen LogP contribution in [0, 0.1) is 6.92 Å². The van der Waals surface area contributed by atoms with Crippen molar-refractivity contribution in [2.45, 2.75) is 6.92 Å². The number of amides is 1. The number of para-hydroxylation sites is 1. The van der Waals surface area contributed by atoms with Crippen LogP contribution < -0.4 is 15.0 Å². The lowest BCUT2D eigenvalue weighted by Crippen LogP contribution is -2.13. The maximum atomic E-state index is 12.5. The molecule has 124 valence electrons. The van der Waals surface area contributed by atoms with Crippen LogP contribution in [0.1, 0.15) is 16.1 Å². The van der Waals surface area contributed by atoms with Crippen LogP contribution in [-0.2, 0) is 0 Å². The molecular weight excluding hydrogens is 304 g/mol. The van der Waals surface area contributed by atoms with E-state index < -0.39 is 0 Å². The molecule has 1 N–H and O–H groups in total. The van der Waals surface area contributed by atoms with Gasteiger partial charge in [0.05, 0.1) is 7.11 Å². The third kappa shape index (κ3) is 2.93. The molecule has 0 aliphatic rings. The Morgan fingerprint density at radius 3 is 2.62 bits per heavy atom. The summed E-state index contributed by atoms with van der Waals surface area (Å²) in [6.45, 7) is 2.01. The quantitative estimate of drug-likeness (QED) is 0.786. The molecule has 0 radical (unpaired) electrons. The molecule has 1 amide bonds. The number of carbonyl (C=O) groups is 1. The fraction of sp³-hybridized carbons (Fsp3) is 0.211. The Morgan fingerprint density at radius 2 is 1.96 bits per heavy atom. The van der Waals surface area contributed by atoms with Gasteiger partial charge in [0.1, 0.15) is 0 Å². The Balaban J connectivity index is 1.86. The molecule has 0 atom stereocenters. The van der Waals surface area contributed by atoms with Crippen LogP contribution in [0.2, 0.25) is 0 Å². The lowest BCUT2D eigenvalue weighted by molar-refractivity contribution is 0.0998. The van der Waals surface area contributed by atoms with E-state index in [0.29, 0.717) is 11.3 Å². The Bertz CT molecular complexity index is 897. The fourth-order valence-corrected chi connectivity index (χ4v) is 2.74. The molecule has 1 aromatic heterocycles. The second-order valence-electron chi connectivity index (χ2n) is 5.84. The number of benzene rings is 2. The predicted molar refractivity (Wildman–Crippen MR) is 96.2 cm³/mol. The van der Waals surface area contributed by atoms with E-state index in [-0.39, 0.29) is 11.7 Å². The van der Waals surface area contributed by atoms with Gasteiger partial charge in [0.25, 0.3) is 5.91 Å². The number of hydrogen-bond acceptors (Lipinski definition) is 4. The summed E-state index contributed by atoms with van der Waals surface area (Å²) in [6.07, 6.45) is 0. The average Bonchev–Trinajstić information content (AvgIpc) is 2.98. The van der Waals surface area contributed by atoms with Crippen molar-refractivity contribution in [1.29, 1.82) is 0 Å². The molecule has 5 heteroatoms. The highest BCUT2D eigenvalue weighted by atomic mass is 16.5. The molecule has 0 bridgehead atoms. The molecule has 0 aliphatic carbocycles. The zero-order chi connectivity index (χ0) is 17.3. The monoisotopic (exact) mass is 324 g/mol. The van der Waals surface area contributed by atoms with Crippen molar-refractivity contribution >= 4 is 28.3 Å². The van der Waals surface area contributed by atoms with Gasteiger partial charge in [-0.15, -0.1) is 0 Å². The first-order valence-corrected chi connectivity index (χ1v) is 7.65. The normalized spacial score (nSPS) is 10.7. The molecule has 3 aromatic rings. The lowest BCUT2D eigenvalue weighted by atomic mass is 10.1. The Hall–Kier alpha value is -2.95. The minimum absolute atomic E-state index is 0.254. The number of ether oxygens (including phenoxy) is 1. The highest BCUT2D eigenvalue weighted by Crippen LogP contribution is 2.29. The Morgan fingerprint density at radius 1 is 1.17 bits per heavy atom. The fourth-order valence-electron chi connectivity index (χ4n) is 2.74. The number of hydrogen-bond donors (Lipinski definition) is 1. The van der Waals surface area contributed by atoms with Gasteiger partial charge in [0.15, 0.2) is 17.1 Å². The molecule has 0 fully saturated rings. The maximum absolute atomic E-state index is 12.5. The smallest absolute Gasteiger partial charge is 0.291 e. The number of rotatable bonds is 4. The SMILES string of the molecule is COc1cccc2cc(C(=O)Nc3ccc(N(C)C)c(C)c3)oc12. The first kappa shape index (κ1) is 15.9. The summed E-state index contributed by atoms with van der Waals surface area (Å²) >= 11 is 0. The number of fused-ring (bicyclic) bond motifs is 1. The number of methoxy groups -OCH3 is 1. The third-order valence-electron chi connectivity index (χ3n) is 3.89. The third-order valence-corrected chi connectivity index (χ3v) is 3.89. The van der Waals surface area contributed by atoms with Crippen LogP contribution in [0.5, 0.6) is 5.75 Å². The first-order chi connectivity index (χ1) is 11.5. The molecule has 3 rings (SSSR count). The van der Waals surface area contributed by atoms with Crippen molar-refractivity contribution in [1.82, 2.24) is 0 Å². The molecular formula is C19H20N2O3. The average molecular weight is 324 g/mol. The number of nitrogens with zero attached hydrogens (tertiary/aromatic N) is 1. The van der Waals surface area contributed by atoms with Crippen molar-refractivity contribution < 1.29 is 13.9 Å². The summed E-state index contributed by atoms with van der Waals surface area (Å²) in [6, 6.07) is 13.1. The van der Waals surface area contributed by atoms with Gasteiger partial charge in [-0.1, -0.05) is 12.1 Å². The van der Waals surface area contributed by atoms with Crippen molar-refractivity contribution in [3.63, 3.8) is 0 Å². The van der Waals surface area contributed by atoms with Gasteiger partial charge in [-0.25, -0.2) is 0 Å². The van der Waals surface area contributed by atoms with E-state index in [1.54, 1.807) is 19.2 Å². The van der Waals surface area contributed by atoms with Crippen molar-refractivity contribution in [3.8, 4) is 5.75 Å². The summed E-state index contributed by atoms with van der Waals surface area (Å²) in [5, 5.41) is 3.70. The molecule has 0 aliphatic heterocycles. The number of aryl methyl sites for hydroxylation is 1. The topological polar surface area (TPSA) is 54.7 Å². The molecule has 5 nitrogen and oxygen atoms in total. The molecule has 0 saturated heterocycles. The number of furan rings is 1. The van der Waals surface area contributed by atoms with Gasteiger partial charge in [-0.3, -0.25) is 4.79 Å². The number of anilines is 2. The van der Waals surface area contributed by atoms with Gasteiger partial charge >= 0.3 is 0 Å². The number of nitrogens with one attached hydrogen (secondary N) is 1. The van der Waals surface area contributed by atoms with Crippen molar-refractivity contribution in [2.24, 2.45) is 0 Å². The Kier molecular flexibility index (Phi) is 4.16. The summed E-state index contributed by atoms with van der Waals surface area (Å²) in [4.78, 5) is 14.5. The predicted octanol–water partition coefficient (Wildman–Crippen LogP) is 4.07. The van der Waals surface area contributed by atoms with Crippen LogP contribution >= 0.6 is 0 Å². The molecule has 0 unspecified atom stereocenters. The van der Waals surface area contributed by atoms with Crippen LogP contribution in [0.4, 0.5) is 11.4 Å². The molecule has 0 saturated carbocycles. The largest absolute Gasteiger partial charge is 0.493 e. The van der Waals surface area contributed by atoms with Crippen molar-refractivity contribution in [3.05, 3.63) is 53.8 Å². The maximum Gasteiger partial charge on any atom is 0.291 e. The van der Waals surface area contributed by atoms with E-state index in [2.05, 4.69) is 5.32 Å². The minimum atomic E-state index is -0.287. The standard InChI is InChI=1S/C19H20N2O3/c1-12-10-14(8-9-15(12)21(2)3)20-19(22)17-11-13-6-5-7-16(23-4)18(13)24-17/h5-11H,1-4H3,(H,20,22). The number of carbonyl (C=O) groups excluding carboxylic acids is 1. The summed E-state index contributed by atoms with van der Waals surface area (Å²) in [7, 11) is 5.55. The molecule has 2 aromatic carbocycles. The second-order valence-corrected chi connectivity index (χ2v) is 5.84. The lowest BCUT2D eigenvalue weighted by Gasteiger charge is -2.16. The molecule has 0 spiro atoms. The van der Waals surface area contributed by atoms with E-state index in [9.17, 15) is 4.79 Å². The van der Waals surface area contributed by atoms with E-state index in [1.165, 1.54) is 0 Å². The van der Waals surface area contributed by atoms with Crippen molar-refractivity contribution in [2.75, 3.05) is 31.4 Å². The van der Waals surface area contributed by atoms with Gasteiger partial charge in [-0.05, 0) is 42.8 Å². The van der Waals surface area contributed by atoms with E-state index >= 15 is 0 Å². The second kappa shape index (κ2) is 6.28. The summed E-state index contributed by atoms with van der Waals surface area (Å²) in [5.74, 6) is 0.576. The highest BCUT2D eigenvalue weighted by Gasteiger charge is 2.15. The van der Waals surface area contributed by atoms with Gasteiger partial charge < -0.3 is 19.4 Å². The van der Waals surface area contributed by atoms with Crippen LogP contribution in [0.3, 0.4) is 0 Å². The Labute approximate surface area is 140 Å². The van der Waals surface area contributed by atoms with Gasteiger partial charge in [-0.2, -0.15) is 0 Å². The molecule has 1 heterocycles. The first-order valence-electron chi connectivity index (χ1n) is 7.65. The minimum Gasteiger partial charge on any atom is -0.493 e. The zero-order valence-electron chi connectivity index (χ0n) is 14.2. The molecule has 24 heavy (non-hydrogen) atoms. The van der Waals surface area contributed by atoms with Gasteiger partial charge in [0.2, 0.25) is 0 Å². The van der Waals surface area contributed by atoms with Crippen LogP contribution in [-0.4, -0.2) is 27.1 Å². The summed E-state index contributed by atoms with van der Waals surface area (Å²) < 4.78 is 10.9. The van der Waals surface area contributed by atoms with Crippen LogP contribution in [0.25, 0.3) is 11.0 Å². The zero-order valence-corrected chi connectivity index (χ0v) is 14.2. The summed E-state index contributed by atoms with van der Waals surface area (Å²) in [5.41, 5.74) is 3.50.